The molecule has 19 heavy (non-hydrogen) atoms. The van der Waals surface area contributed by atoms with E-state index in [1.165, 1.54) is 38.2 Å². The molecule has 0 aromatic heterocycles. The summed E-state index contributed by atoms with van der Waals surface area (Å²) in [6, 6.07) is 4.98. The molecule has 1 aliphatic carbocycles. The van der Waals surface area contributed by atoms with E-state index in [-0.39, 0.29) is 10.8 Å². The van der Waals surface area contributed by atoms with E-state index in [4.69, 9.17) is 11.6 Å². The van der Waals surface area contributed by atoms with E-state index in [1.807, 2.05) is 6.07 Å². The zero-order chi connectivity index (χ0) is 13.7. The van der Waals surface area contributed by atoms with Gasteiger partial charge in [-0.05, 0) is 42.9 Å². The third-order valence-electron chi connectivity index (χ3n) is 4.12. The van der Waals surface area contributed by atoms with Crippen molar-refractivity contribution >= 4 is 11.6 Å². The molecule has 2 unspecified atom stereocenters. The number of hydrogen-bond donors (Lipinski definition) is 1. The van der Waals surface area contributed by atoms with Gasteiger partial charge < -0.3 is 5.32 Å². The van der Waals surface area contributed by atoms with Crippen LogP contribution in [0.3, 0.4) is 0 Å². The highest BCUT2D eigenvalue weighted by molar-refractivity contribution is 6.31. The van der Waals surface area contributed by atoms with Gasteiger partial charge in [-0.25, -0.2) is 4.39 Å². The fourth-order valence-electron chi connectivity index (χ4n) is 3.04. The Kier molecular flexibility index (Phi) is 5.65. The van der Waals surface area contributed by atoms with E-state index in [0.29, 0.717) is 6.54 Å². The lowest BCUT2D eigenvalue weighted by molar-refractivity contribution is 0.267. The maximum Gasteiger partial charge on any atom is 0.142 e. The first-order chi connectivity index (χ1) is 9.16. The molecule has 1 N–H and O–H groups in total. The molecule has 0 aliphatic heterocycles. The molecular weight excluding hydrogens is 261 g/mol. The third kappa shape index (κ3) is 4.47. The highest BCUT2D eigenvalue weighted by atomic mass is 35.5. The van der Waals surface area contributed by atoms with Crippen molar-refractivity contribution in [2.75, 3.05) is 6.54 Å². The van der Waals surface area contributed by atoms with Gasteiger partial charge in [-0.1, -0.05) is 49.9 Å². The Labute approximate surface area is 120 Å². The molecule has 3 heteroatoms. The van der Waals surface area contributed by atoms with Crippen LogP contribution in [-0.4, -0.2) is 6.54 Å². The Balaban J connectivity index is 1.70. The van der Waals surface area contributed by atoms with Crippen molar-refractivity contribution in [1.82, 2.24) is 5.32 Å². The average molecular weight is 284 g/mol. The minimum atomic E-state index is -0.331. The summed E-state index contributed by atoms with van der Waals surface area (Å²) in [4.78, 5) is 0. The van der Waals surface area contributed by atoms with E-state index >= 15 is 0 Å². The Morgan fingerprint density at radius 1 is 1.37 bits per heavy atom. The van der Waals surface area contributed by atoms with Gasteiger partial charge in [0.25, 0.3) is 0 Å². The topological polar surface area (TPSA) is 12.0 Å². The van der Waals surface area contributed by atoms with Crippen molar-refractivity contribution < 1.29 is 4.39 Å². The molecule has 2 rings (SSSR count). The summed E-state index contributed by atoms with van der Waals surface area (Å²) in [6.07, 6.45) is 6.72. The van der Waals surface area contributed by atoms with Crippen LogP contribution in [0.1, 0.15) is 44.6 Å². The van der Waals surface area contributed by atoms with Gasteiger partial charge in [-0.3, -0.25) is 0 Å². The smallest absolute Gasteiger partial charge is 0.142 e. The van der Waals surface area contributed by atoms with Gasteiger partial charge in [0.1, 0.15) is 5.82 Å². The SMILES string of the molecule is CC1CCCC(CCNCc2cccc(F)c2Cl)C1. The van der Waals surface area contributed by atoms with E-state index in [2.05, 4.69) is 12.2 Å². The summed E-state index contributed by atoms with van der Waals surface area (Å²) in [5.74, 6) is 1.41. The molecule has 0 spiro atoms. The van der Waals surface area contributed by atoms with Gasteiger partial charge in [-0.15, -0.1) is 0 Å². The monoisotopic (exact) mass is 283 g/mol. The van der Waals surface area contributed by atoms with E-state index < -0.39 is 0 Å². The van der Waals surface area contributed by atoms with Crippen LogP contribution in [0.25, 0.3) is 0 Å². The Hall–Kier alpha value is -0.600. The van der Waals surface area contributed by atoms with Crippen molar-refractivity contribution in [3.05, 3.63) is 34.6 Å². The maximum atomic E-state index is 13.3. The van der Waals surface area contributed by atoms with Gasteiger partial charge in [-0.2, -0.15) is 0 Å². The summed E-state index contributed by atoms with van der Waals surface area (Å²) in [7, 11) is 0. The number of hydrogen-bond acceptors (Lipinski definition) is 1. The lowest BCUT2D eigenvalue weighted by Crippen LogP contribution is -2.21. The van der Waals surface area contributed by atoms with Crippen LogP contribution in [0.4, 0.5) is 4.39 Å². The van der Waals surface area contributed by atoms with E-state index in [0.717, 1.165) is 23.9 Å². The summed E-state index contributed by atoms with van der Waals surface area (Å²) in [6.45, 7) is 4.00. The van der Waals surface area contributed by atoms with Crippen molar-refractivity contribution in [2.45, 2.75) is 45.6 Å². The summed E-state index contributed by atoms with van der Waals surface area (Å²) in [5, 5.41) is 3.63. The molecule has 1 fully saturated rings. The zero-order valence-electron chi connectivity index (χ0n) is 11.6. The molecule has 0 amide bonds. The summed E-state index contributed by atoms with van der Waals surface area (Å²) >= 11 is 5.92. The second-order valence-electron chi connectivity index (χ2n) is 5.82. The molecule has 2 atom stereocenters. The second-order valence-corrected chi connectivity index (χ2v) is 6.19. The highest BCUT2D eigenvalue weighted by Gasteiger charge is 2.18. The maximum absolute atomic E-state index is 13.3. The van der Waals surface area contributed by atoms with Gasteiger partial charge in [0, 0.05) is 6.54 Å². The fraction of sp³-hybridized carbons (Fsp3) is 0.625. The van der Waals surface area contributed by atoms with Gasteiger partial charge in [0.05, 0.1) is 5.02 Å². The first-order valence-corrected chi connectivity index (χ1v) is 7.68. The second kappa shape index (κ2) is 7.25. The molecule has 0 heterocycles. The van der Waals surface area contributed by atoms with Crippen LogP contribution in [0.5, 0.6) is 0 Å². The van der Waals surface area contributed by atoms with Crippen LogP contribution >= 0.6 is 11.6 Å². The third-order valence-corrected chi connectivity index (χ3v) is 4.54. The number of nitrogens with one attached hydrogen (secondary N) is 1. The molecule has 1 aromatic carbocycles. The summed E-state index contributed by atoms with van der Waals surface area (Å²) in [5.41, 5.74) is 0.846. The van der Waals surface area contributed by atoms with Crippen LogP contribution < -0.4 is 5.32 Å². The van der Waals surface area contributed by atoms with Gasteiger partial charge in [0.2, 0.25) is 0 Å². The number of halogens is 2. The lowest BCUT2D eigenvalue weighted by atomic mass is 9.81. The first-order valence-electron chi connectivity index (χ1n) is 7.30. The lowest BCUT2D eigenvalue weighted by Gasteiger charge is -2.26. The molecule has 106 valence electrons. The van der Waals surface area contributed by atoms with Crippen LogP contribution in [0, 0.1) is 17.7 Å². The van der Waals surface area contributed by atoms with Gasteiger partial charge in [0.15, 0.2) is 0 Å². The van der Waals surface area contributed by atoms with Crippen LogP contribution in [0.15, 0.2) is 18.2 Å². The standard InChI is InChI=1S/C16H23ClFN/c1-12-4-2-5-13(10-12)8-9-19-11-14-6-3-7-15(18)16(14)17/h3,6-7,12-13,19H,2,4-5,8-11H2,1H3. The minimum absolute atomic E-state index is 0.251. The van der Waals surface area contributed by atoms with Crippen LogP contribution in [0.2, 0.25) is 5.02 Å². The van der Waals surface area contributed by atoms with Crippen molar-refractivity contribution in [2.24, 2.45) is 11.8 Å². The van der Waals surface area contributed by atoms with Gasteiger partial charge >= 0.3 is 0 Å². The quantitative estimate of drug-likeness (QED) is 0.767. The zero-order valence-corrected chi connectivity index (χ0v) is 12.3. The van der Waals surface area contributed by atoms with Crippen molar-refractivity contribution in [3.63, 3.8) is 0 Å². The number of benzene rings is 1. The molecule has 1 nitrogen and oxygen atoms in total. The van der Waals surface area contributed by atoms with E-state index in [9.17, 15) is 4.39 Å². The molecule has 0 saturated heterocycles. The van der Waals surface area contributed by atoms with Crippen molar-refractivity contribution in [1.29, 1.82) is 0 Å². The highest BCUT2D eigenvalue weighted by Crippen LogP contribution is 2.30. The molecule has 0 radical (unpaired) electrons. The molecule has 0 bridgehead atoms. The van der Waals surface area contributed by atoms with Crippen LogP contribution in [-0.2, 0) is 6.54 Å². The molecule has 1 aromatic rings. The molecule has 1 aliphatic rings. The average Bonchev–Trinajstić information content (AvgIpc) is 2.39. The summed E-state index contributed by atoms with van der Waals surface area (Å²) < 4.78 is 13.3. The first kappa shape index (κ1) is 14.8. The minimum Gasteiger partial charge on any atom is -0.313 e. The Morgan fingerprint density at radius 3 is 3.00 bits per heavy atom. The largest absolute Gasteiger partial charge is 0.313 e. The fourth-order valence-corrected chi connectivity index (χ4v) is 3.23. The normalized spacial score (nSPS) is 23.5. The molecule has 1 saturated carbocycles. The molecular formula is C16H23ClFN. The Morgan fingerprint density at radius 2 is 2.21 bits per heavy atom. The van der Waals surface area contributed by atoms with E-state index in [1.54, 1.807) is 6.07 Å². The van der Waals surface area contributed by atoms with Crippen molar-refractivity contribution in [3.8, 4) is 0 Å². The number of rotatable bonds is 5. The predicted molar refractivity (Wildman–Crippen MR) is 78.9 cm³/mol. The predicted octanol–water partition coefficient (Wildman–Crippen LogP) is 4.79. The Bertz CT molecular complexity index is 408.